The molecule has 3 rings (SSSR count). The molecular formula is C16H14ClNO3. The molecule has 108 valence electrons. The van der Waals surface area contributed by atoms with Crippen LogP contribution in [0.4, 0.5) is 0 Å². The Morgan fingerprint density at radius 1 is 1.24 bits per heavy atom. The van der Waals surface area contributed by atoms with E-state index in [1.165, 1.54) is 6.07 Å². The Balaban J connectivity index is 1.85. The summed E-state index contributed by atoms with van der Waals surface area (Å²) in [6.07, 6.45) is 0.685. The minimum absolute atomic E-state index is 0.138. The molecule has 1 aliphatic rings. The molecule has 2 N–H and O–H groups in total. The van der Waals surface area contributed by atoms with Gasteiger partial charge in [0, 0.05) is 12.0 Å². The smallest absolute Gasteiger partial charge is 0.255 e. The molecule has 0 spiro atoms. The summed E-state index contributed by atoms with van der Waals surface area (Å²) in [7, 11) is 0. The van der Waals surface area contributed by atoms with Crippen LogP contribution in [-0.2, 0) is 0 Å². The summed E-state index contributed by atoms with van der Waals surface area (Å²) in [6.45, 7) is 0.545. The summed E-state index contributed by atoms with van der Waals surface area (Å²) in [5.74, 6) is 0.234. The first-order valence-corrected chi connectivity index (χ1v) is 7.04. The van der Waals surface area contributed by atoms with Gasteiger partial charge in [-0.1, -0.05) is 35.9 Å². The second-order valence-electron chi connectivity index (χ2n) is 4.84. The fourth-order valence-electron chi connectivity index (χ4n) is 2.43. The number of phenols is 1. The Labute approximate surface area is 127 Å². The third-order valence-electron chi connectivity index (χ3n) is 3.50. The second kappa shape index (κ2) is 5.66. The molecule has 2 aromatic rings. The first-order chi connectivity index (χ1) is 10.2. The van der Waals surface area contributed by atoms with Gasteiger partial charge in [-0.2, -0.15) is 0 Å². The van der Waals surface area contributed by atoms with E-state index in [9.17, 15) is 9.90 Å². The molecule has 0 radical (unpaired) electrons. The third-order valence-corrected chi connectivity index (χ3v) is 3.80. The minimum Gasteiger partial charge on any atom is -0.506 e. The monoisotopic (exact) mass is 303 g/mol. The van der Waals surface area contributed by atoms with Crippen LogP contribution in [0.3, 0.4) is 0 Å². The van der Waals surface area contributed by atoms with E-state index in [2.05, 4.69) is 5.32 Å². The lowest BCUT2D eigenvalue weighted by atomic mass is 10.00. The molecule has 0 aliphatic carbocycles. The van der Waals surface area contributed by atoms with Crippen LogP contribution in [0.15, 0.2) is 42.5 Å². The molecule has 5 heteroatoms. The number of rotatable bonds is 2. The minimum atomic E-state index is -0.350. The molecule has 2 aromatic carbocycles. The van der Waals surface area contributed by atoms with Crippen molar-refractivity contribution in [1.29, 1.82) is 0 Å². The lowest BCUT2D eigenvalue weighted by Gasteiger charge is -2.26. The number of fused-ring (bicyclic) bond motifs is 1. The van der Waals surface area contributed by atoms with Crippen molar-refractivity contribution in [3.05, 3.63) is 58.6 Å². The highest BCUT2D eigenvalue weighted by atomic mass is 35.5. The number of aromatic hydroxyl groups is 1. The van der Waals surface area contributed by atoms with Crippen molar-refractivity contribution in [2.45, 2.75) is 12.5 Å². The zero-order valence-electron chi connectivity index (χ0n) is 11.2. The van der Waals surface area contributed by atoms with Crippen LogP contribution in [0.25, 0.3) is 0 Å². The van der Waals surface area contributed by atoms with Crippen molar-refractivity contribution in [2.75, 3.05) is 6.61 Å². The van der Waals surface area contributed by atoms with Crippen LogP contribution in [0.2, 0.25) is 5.02 Å². The predicted octanol–water partition coefficient (Wildman–Crippen LogP) is 3.30. The van der Waals surface area contributed by atoms with E-state index in [4.69, 9.17) is 16.3 Å². The van der Waals surface area contributed by atoms with Crippen LogP contribution in [0.1, 0.15) is 28.4 Å². The lowest BCUT2D eigenvalue weighted by Crippen LogP contribution is -2.32. The number of hydrogen-bond donors (Lipinski definition) is 2. The summed E-state index contributed by atoms with van der Waals surface area (Å²) >= 11 is 5.83. The average Bonchev–Trinajstić information content (AvgIpc) is 2.50. The van der Waals surface area contributed by atoms with Crippen LogP contribution >= 0.6 is 11.6 Å². The van der Waals surface area contributed by atoms with Gasteiger partial charge in [-0.15, -0.1) is 0 Å². The van der Waals surface area contributed by atoms with Crippen LogP contribution in [0, 0.1) is 0 Å². The van der Waals surface area contributed by atoms with Gasteiger partial charge in [-0.3, -0.25) is 4.79 Å². The Morgan fingerprint density at radius 3 is 2.90 bits per heavy atom. The van der Waals surface area contributed by atoms with E-state index in [1.54, 1.807) is 12.1 Å². The second-order valence-corrected chi connectivity index (χ2v) is 5.24. The molecule has 0 saturated heterocycles. The Bertz CT molecular complexity index is 687. The molecule has 0 bridgehead atoms. The SMILES string of the molecule is O=C(N[C@H]1CCOc2ccccc21)c1cccc(Cl)c1O. The fraction of sp³-hybridized carbons (Fsp3) is 0.188. The predicted molar refractivity (Wildman–Crippen MR) is 79.9 cm³/mol. The van der Waals surface area contributed by atoms with Crippen molar-refractivity contribution in [3.8, 4) is 11.5 Å². The summed E-state index contributed by atoms with van der Waals surface area (Å²) in [5.41, 5.74) is 1.12. The lowest BCUT2D eigenvalue weighted by molar-refractivity contribution is 0.0922. The maximum absolute atomic E-state index is 12.3. The molecule has 4 nitrogen and oxygen atoms in total. The standard InChI is InChI=1S/C16H14ClNO3/c17-12-6-3-5-11(15(12)19)16(20)18-13-8-9-21-14-7-2-1-4-10(13)14/h1-7,13,19H,8-9H2,(H,18,20)/t13-/m0/s1. The van der Waals surface area contributed by atoms with Crippen molar-refractivity contribution >= 4 is 17.5 Å². The van der Waals surface area contributed by atoms with Gasteiger partial charge in [-0.05, 0) is 18.2 Å². The molecule has 0 fully saturated rings. The molecule has 1 aliphatic heterocycles. The van der Waals surface area contributed by atoms with Crippen molar-refractivity contribution in [2.24, 2.45) is 0 Å². The van der Waals surface area contributed by atoms with Gasteiger partial charge in [0.25, 0.3) is 5.91 Å². The van der Waals surface area contributed by atoms with Gasteiger partial charge >= 0.3 is 0 Å². The third kappa shape index (κ3) is 2.67. The Kier molecular flexibility index (Phi) is 3.71. The number of benzene rings is 2. The van der Waals surface area contributed by atoms with E-state index in [-0.39, 0.29) is 28.3 Å². The maximum Gasteiger partial charge on any atom is 0.255 e. The highest BCUT2D eigenvalue weighted by molar-refractivity contribution is 6.32. The fourth-order valence-corrected chi connectivity index (χ4v) is 2.60. The van der Waals surface area contributed by atoms with E-state index < -0.39 is 0 Å². The van der Waals surface area contributed by atoms with Gasteiger partial charge < -0.3 is 15.2 Å². The summed E-state index contributed by atoms with van der Waals surface area (Å²) in [4.78, 5) is 12.3. The topological polar surface area (TPSA) is 58.6 Å². The van der Waals surface area contributed by atoms with Gasteiger partial charge in [0.15, 0.2) is 0 Å². The molecule has 0 unspecified atom stereocenters. The number of nitrogens with one attached hydrogen (secondary N) is 1. The van der Waals surface area contributed by atoms with Gasteiger partial charge in [0.2, 0.25) is 0 Å². The zero-order chi connectivity index (χ0) is 14.8. The molecule has 1 heterocycles. The molecule has 0 saturated carbocycles. The normalized spacial score (nSPS) is 16.7. The average molecular weight is 304 g/mol. The number of amides is 1. The van der Waals surface area contributed by atoms with Crippen LogP contribution in [0.5, 0.6) is 11.5 Å². The number of ether oxygens (including phenoxy) is 1. The van der Waals surface area contributed by atoms with Gasteiger partial charge in [-0.25, -0.2) is 0 Å². The Morgan fingerprint density at radius 2 is 2.05 bits per heavy atom. The number of carbonyl (C=O) groups is 1. The van der Waals surface area contributed by atoms with E-state index >= 15 is 0 Å². The van der Waals surface area contributed by atoms with Gasteiger partial charge in [0.1, 0.15) is 11.5 Å². The largest absolute Gasteiger partial charge is 0.506 e. The van der Waals surface area contributed by atoms with E-state index in [0.717, 1.165) is 11.3 Å². The number of phenolic OH excluding ortho intramolecular Hbond substituents is 1. The summed E-state index contributed by atoms with van der Waals surface area (Å²) in [6, 6.07) is 12.2. The summed E-state index contributed by atoms with van der Waals surface area (Å²) in [5, 5.41) is 13.0. The summed E-state index contributed by atoms with van der Waals surface area (Å²) < 4.78 is 5.56. The van der Waals surface area contributed by atoms with Crippen LogP contribution < -0.4 is 10.1 Å². The Hall–Kier alpha value is -2.20. The highest BCUT2D eigenvalue weighted by Crippen LogP contribution is 2.33. The first kappa shape index (κ1) is 13.8. The van der Waals surface area contributed by atoms with Crippen LogP contribution in [-0.4, -0.2) is 17.6 Å². The number of para-hydroxylation sites is 2. The number of hydrogen-bond acceptors (Lipinski definition) is 3. The molecule has 0 aromatic heterocycles. The first-order valence-electron chi connectivity index (χ1n) is 6.67. The molecule has 1 amide bonds. The van der Waals surface area contributed by atoms with Crippen molar-refractivity contribution in [1.82, 2.24) is 5.32 Å². The number of halogens is 1. The van der Waals surface area contributed by atoms with E-state index in [1.807, 2.05) is 24.3 Å². The molecule has 21 heavy (non-hydrogen) atoms. The zero-order valence-corrected chi connectivity index (χ0v) is 11.9. The van der Waals surface area contributed by atoms with E-state index in [0.29, 0.717) is 13.0 Å². The molecule has 1 atom stereocenters. The highest BCUT2D eigenvalue weighted by Gasteiger charge is 2.24. The van der Waals surface area contributed by atoms with Crippen molar-refractivity contribution < 1.29 is 14.6 Å². The number of carbonyl (C=O) groups excluding carboxylic acids is 1. The van der Waals surface area contributed by atoms with Gasteiger partial charge in [0.05, 0.1) is 23.2 Å². The quantitative estimate of drug-likeness (QED) is 0.895. The maximum atomic E-state index is 12.3. The van der Waals surface area contributed by atoms with Crippen molar-refractivity contribution in [3.63, 3.8) is 0 Å². The molecular weight excluding hydrogens is 290 g/mol.